The number of carbonyl (C=O) groups is 1. The van der Waals surface area contributed by atoms with E-state index in [2.05, 4.69) is 15.7 Å². The fourth-order valence-corrected chi connectivity index (χ4v) is 1.23. The molecule has 0 radical (unpaired) electrons. The Hall–Kier alpha value is -2.17. The molecule has 2 N–H and O–H groups in total. The van der Waals surface area contributed by atoms with E-state index in [1.54, 1.807) is 6.92 Å². The molecule has 1 aromatic carbocycles. The summed E-state index contributed by atoms with van der Waals surface area (Å²) in [5.74, 6) is -0.334. The predicted octanol–water partition coefficient (Wildman–Crippen LogP) is 2.20. The van der Waals surface area contributed by atoms with E-state index >= 15 is 0 Å². The summed E-state index contributed by atoms with van der Waals surface area (Å²) in [5.41, 5.74) is 5.02. The molecule has 0 amide bonds. The number of hydrazone groups is 1. The van der Waals surface area contributed by atoms with Crippen molar-refractivity contribution < 1.29 is 10.0 Å². The van der Waals surface area contributed by atoms with Crippen LogP contribution in [-0.2, 0) is 4.79 Å². The first kappa shape index (κ1) is 12.9. The van der Waals surface area contributed by atoms with Crippen LogP contribution in [0, 0.1) is 6.92 Å². The van der Waals surface area contributed by atoms with Crippen molar-refractivity contribution in [1.82, 2.24) is 0 Å². The first-order chi connectivity index (χ1) is 8.04. The Labute approximate surface area is 99.8 Å². The summed E-state index contributed by atoms with van der Waals surface area (Å²) in [6, 6.07) is 7.63. The van der Waals surface area contributed by atoms with Crippen LogP contribution in [0.5, 0.6) is 0 Å². The zero-order chi connectivity index (χ0) is 12.8. The molecule has 5 nitrogen and oxygen atoms in total. The monoisotopic (exact) mass is 233 g/mol. The number of aryl methyl sites for hydroxylation is 1. The lowest BCUT2D eigenvalue weighted by Crippen LogP contribution is -2.20. The Morgan fingerprint density at radius 2 is 1.82 bits per heavy atom. The van der Waals surface area contributed by atoms with Gasteiger partial charge in [-0.2, -0.15) is 5.10 Å². The molecule has 1 rings (SSSR count). The third-order valence-corrected chi connectivity index (χ3v) is 2.18. The van der Waals surface area contributed by atoms with Gasteiger partial charge in [0.15, 0.2) is 11.5 Å². The quantitative estimate of drug-likeness (QED) is 0.475. The lowest BCUT2D eigenvalue weighted by molar-refractivity contribution is -0.111. The number of oxime groups is 1. The highest BCUT2D eigenvalue weighted by atomic mass is 16.4. The molecule has 0 fully saturated rings. The van der Waals surface area contributed by atoms with Gasteiger partial charge >= 0.3 is 0 Å². The molecule has 90 valence electrons. The number of ketones is 1. The number of hydrogen-bond acceptors (Lipinski definition) is 5. The zero-order valence-electron chi connectivity index (χ0n) is 10.1. The highest BCUT2D eigenvalue weighted by Gasteiger charge is 2.10. The summed E-state index contributed by atoms with van der Waals surface area (Å²) in [5, 5.41) is 15.5. The Kier molecular flexibility index (Phi) is 4.39. The number of Topliss-reactive ketones (excluding diaryl/α,β-unsaturated/α-hetero) is 1. The molecule has 1 aromatic rings. The van der Waals surface area contributed by atoms with Gasteiger partial charge < -0.3 is 5.21 Å². The van der Waals surface area contributed by atoms with E-state index in [1.807, 2.05) is 31.2 Å². The highest BCUT2D eigenvalue weighted by Crippen LogP contribution is 2.08. The summed E-state index contributed by atoms with van der Waals surface area (Å²) in [6.45, 7) is 4.90. The van der Waals surface area contributed by atoms with Gasteiger partial charge in [0, 0.05) is 6.92 Å². The Morgan fingerprint density at radius 3 is 2.29 bits per heavy atom. The second kappa shape index (κ2) is 5.79. The number of anilines is 1. The van der Waals surface area contributed by atoms with Gasteiger partial charge in [-0.25, -0.2) is 0 Å². The molecule has 17 heavy (non-hydrogen) atoms. The molecule has 0 saturated heterocycles. The van der Waals surface area contributed by atoms with Crippen LogP contribution in [0.15, 0.2) is 34.5 Å². The summed E-state index contributed by atoms with van der Waals surface area (Å²) < 4.78 is 0. The zero-order valence-corrected chi connectivity index (χ0v) is 10.1. The van der Waals surface area contributed by atoms with Crippen molar-refractivity contribution in [2.45, 2.75) is 20.8 Å². The number of hydrogen-bond donors (Lipinski definition) is 2. The Bertz CT molecular complexity index is 461. The van der Waals surface area contributed by atoms with E-state index in [9.17, 15) is 4.79 Å². The number of rotatable bonds is 4. The maximum absolute atomic E-state index is 11.1. The van der Waals surface area contributed by atoms with Gasteiger partial charge in [0.2, 0.25) is 0 Å². The van der Waals surface area contributed by atoms with E-state index in [0.717, 1.165) is 11.3 Å². The van der Waals surface area contributed by atoms with Crippen molar-refractivity contribution in [2.24, 2.45) is 10.3 Å². The van der Waals surface area contributed by atoms with Crippen molar-refractivity contribution in [3.8, 4) is 0 Å². The van der Waals surface area contributed by atoms with Crippen molar-refractivity contribution in [1.29, 1.82) is 0 Å². The molecule has 0 atom stereocenters. The lowest BCUT2D eigenvalue weighted by Gasteiger charge is -2.03. The molecule has 0 spiro atoms. The molecule has 0 aliphatic carbocycles. The van der Waals surface area contributed by atoms with Gasteiger partial charge in [-0.05, 0) is 26.0 Å². The Morgan fingerprint density at radius 1 is 1.24 bits per heavy atom. The first-order valence-electron chi connectivity index (χ1n) is 5.15. The van der Waals surface area contributed by atoms with Gasteiger partial charge in [-0.3, -0.25) is 10.2 Å². The van der Waals surface area contributed by atoms with Crippen LogP contribution in [-0.4, -0.2) is 22.4 Å². The molecule has 0 aliphatic rings. The Balaban J connectivity index is 2.77. The van der Waals surface area contributed by atoms with Crippen LogP contribution in [0.3, 0.4) is 0 Å². The van der Waals surface area contributed by atoms with Crippen molar-refractivity contribution in [3.63, 3.8) is 0 Å². The second-order valence-corrected chi connectivity index (χ2v) is 3.68. The van der Waals surface area contributed by atoms with Gasteiger partial charge in [-0.1, -0.05) is 22.9 Å². The minimum Gasteiger partial charge on any atom is -0.410 e. The van der Waals surface area contributed by atoms with Gasteiger partial charge in [-0.15, -0.1) is 0 Å². The number of carbonyl (C=O) groups excluding carboxylic acids is 1. The molecular weight excluding hydrogens is 218 g/mol. The third-order valence-electron chi connectivity index (χ3n) is 2.18. The number of nitrogens with zero attached hydrogens (tertiary/aromatic N) is 2. The lowest BCUT2D eigenvalue weighted by atomic mass is 10.2. The smallest absolute Gasteiger partial charge is 0.183 e. The number of nitrogens with one attached hydrogen (secondary N) is 1. The molecule has 5 heteroatoms. The summed E-state index contributed by atoms with van der Waals surface area (Å²) in [6.07, 6.45) is 0. The summed E-state index contributed by atoms with van der Waals surface area (Å²) in [4.78, 5) is 11.1. The molecule has 0 bridgehead atoms. The maximum Gasteiger partial charge on any atom is 0.183 e. The standard InChI is InChI=1S/C12H15N3O2/c1-8-4-6-11(7-5-8)14-13-9(2)12(15-17)10(3)16/h4-7,14,17H,1-3H3/b13-9-,15-12+. The predicted molar refractivity (Wildman–Crippen MR) is 67.8 cm³/mol. The van der Waals surface area contributed by atoms with E-state index in [0.29, 0.717) is 5.71 Å². The highest BCUT2D eigenvalue weighted by molar-refractivity contribution is 6.66. The molecule has 0 saturated carbocycles. The topological polar surface area (TPSA) is 74.0 Å². The van der Waals surface area contributed by atoms with Crippen LogP contribution in [0.25, 0.3) is 0 Å². The van der Waals surface area contributed by atoms with Crippen molar-refractivity contribution in [3.05, 3.63) is 29.8 Å². The van der Waals surface area contributed by atoms with Crippen LogP contribution >= 0.6 is 0 Å². The van der Waals surface area contributed by atoms with Crippen LogP contribution in [0.4, 0.5) is 5.69 Å². The first-order valence-corrected chi connectivity index (χ1v) is 5.15. The largest absolute Gasteiger partial charge is 0.410 e. The molecule has 0 unspecified atom stereocenters. The minimum absolute atomic E-state index is 0.0513. The summed E-state index contributed by atoms with van der Waals surface area (Å²) >= 11 is 0. The van der Waals surface area contributed by atoms with E-state index in [4.69, 9.17) is 5.21 Å². The average Bonchev–Trinajstić information content (AvgIpc) is 2.28. The van der Waals surface area contributed by atoms with Gasteiger partial charge in [0.25, 0.3) is 0 Å². The molecule has 0 aromatic heterocycles. The second-order valence-electron chi connectivity index (χ2n) is 3.68. The average molecular weight is 233 g/mol. The number of benzene rings is 1. The van der Waals surface area contributed by atoms with Crippen molar-refractivity contribution in [2.75, 3.05) is 5.43 Å². The normalized spacial score (nSPS) is 12.4. The van der Waals surface area contributed by atoms with Crippen molar-refractivity contribution >= 4 is 22.9 Å². The summed E-state index contributed by atoms with van der Waals surface area (Å²) in [7, 11) is 0. The minimum atomic E-state index is -0.334. The third kappa shape index (κ3) is 3.71. The van der Waals surface area contributed by atoms with Gasteiger partial charge in [0.05, 0.1) is 11.4 Å². The van der Waals surface area contributed by atoms with Crippen LogP contribution < -0.4 is 5.43 Å². The fraction of sp³-hybridized carbons (Fsp3) is 0.250. The van der Waals surface area contributed by atoms with Gasteiger partial charge in [0.1, 0.15) is 0 Å². The molecule has 0 heterocycles. The van der Waals surface area contributed by atoms with E-state index in [1.165, 1.54) is 6.92 Å². The maximum atomic E-state index is 11.1. The molecule has 0 aliphatic heterocycles. The van der Waals surface area contributed by atoms with Crippen LogP contribution in [0.2, 0.25) is 0 Å². The SMILES string of the molecule is CC(=O)C(=N/O)/C(C)=N\Nc1ccc(C)cc1. The van der Waals surface area contributed by atoms with E-state index < -0.39 is 0 Å². The molecular formula is C12H15N3O2. The van der Waals surface area contributed by atoms with Crippen LogP contribution in [0.1, 0.15) is 19.4 Å². The fourth-order valence-electron chi connectivity index (χ4n) is 1.23. The van der Waals surface area contributed by atoms with E-state index in [-0.39, 0.29) is 11.5 Å².